The number of amides is 1. The van der Waals surface area contributed by atoms with E-state index in [1.54, 1.807) is 4.90 Å². The molecule has 1 N–H and O–H groups in total. The van der Waals surface area contributed by atoms with E-state index < -0.39 is 0 Å². The average Bonchev–Trinajstić information content (AvgIpc) is 3.28. The number of carbonyl (C=O) groups excluding carboxylic acids is 1. The van der Waals surface area contributed by atoms with Gasteiger partial charge in [-0.25, -0.2) is 4.98 Å². The molecule has 1 aromatic carbocycles. The van der Waals surface area contributed by atoms with Crippen LogP contribution in [0.5, 0.6) is 0 Å². The number of hydrogen-bond donors (Lipinski definition) is 1. The number of aromatic nitrogens is 1. The number of anilines is 1. The number of nitrogens with one attached hydrogen (secondary N) is 1. The number of fused-ring (bicyclic) bond motifs is 1. The third kappa shape index (κ3) is 3.43. The highest BCUT2D eigenvalue weighted by molar-refractivity contribution is 7.22. The maximum atomic E-state index is 12.4. The van der Waals surface area contributed by atoms with E-state index in [4.69, 9.17) is 5.26 Å². The van der Waals surface area contributed by atoms with Crippen LogP contribution in [0.4, 0.5) is 5.13 Å². The fraction of sp³-hybridized carbons (Fsp3) is 0.421. The van der Waals surface area contributed by atoms with E-state index in [1.165, 1.54) is 22.5 Å². The molecule has 0 spiro atoms. The second kappa shape index (κ2) is 7.06. The van der Waals surface area contributed by atoms with Crippen LogP contribution >= 0.6 is 11.3 Å². The van der Waals surface area contributed by atoms with Gasteiger partial charge in [-0.3, -0.25) is 4.79 Å². The largest absolute Gasteiger partial charge is 0.310 e. The fourth-order valence-corrected chi connectivity index (χ4v) is 4.39. The standard InChI is InChI=1S/C19H21N5OS/c1-23-7-4-13(5-8-23)14-2-3-16-17(10-14)26-19(21-16)22-18(25)15-6-9-24(11-15)12-20/h2-4,10,15H,5-9,11H2,1H3,(H,21,22,25)/t15-/m0/s1. The molecule has 0 aliphatic carbocycles. The number of nitrogens with zero attached hydrogens (tertiary/aromatic N) is 4. The molecule has 0 radical (unpaired) electrons. The number of benzene rings is 1. The minimum absolute atomic E-state index is 0.0416. The monoisotopic (exact) mass is 367 g/mol. The Bertz CT molecular complexity index is 912. The number of carbonyl (C=O) groups is 1. The van der Waals surface area contributed by atoms with Crippen molar-refractivity contribution in [3.05, 3.63) is 29.8 Å². The minimum atomic E-state index is -0.137. The van der Waals surface area contributed by atoms with Crippen molar-refractivity contribution in [1.82, 2.24) is 14.8 Å². The predicted octanol–water partition coefficient (Wildman–Crippen LogP) is 2.76. The number of thiazole rings is 1. The Labute approximate surface area is 156 Å². The predicted molar refractivity (Wildman–Crippen MR) is 104 cm³/mol. The summed E-state index contributed by atoms with van der Waals surface area (Å²) in [6.45, 7) is 3.22. The Balaban J connectivity index is 1.49. The van der Waals surface area contributed by atoms with Gasteiger partial charge in [0.1, 0.15) is 0 Å². The first-order chi connectivity index (χ1) is 12.6. The van der Waals surface area contributed by atoms with Crippen LogP contribution < -0.4 is 5.32 Å². The van der Waals surface area contributed by atoms with Crippen molar-refractivity contribution in [3.8, 4) is 6.19 Å². The van der Waals surface area contributed by atoms with Gasteiger partial charge in [-0.05, 0) is 43.2 Å². The Kier molecular flexibility index (Phi) is 4.62. The molecule has 1 fully saturated rings. The van der Waals surface area contributed by atoms with E-state index in [0.717, 1.165) is 36.1 Å². The number of likely N-dealkylation sites (tertiary alicyclic amines) is 1. The molecular weight excluding hydrogens is 346 g/mol. The van der Waals surface area contributed by atoms with Crippen LogP contribution in [0.1, 0.15) is 18.4 Å². The lowest BCUT2D eigenvalue weighted by atomic mass is 10.00. The first kappa shape index (κ1) is 17.0. The molecule has 134 valence electrons. The molecule has 0 bridgehead atoms. The van der Waals surface area contributed by atoms with Crippen molar-refractivity contribution in [3.63, 3.8) is 0 Å². The summed E-state index contributed by atoms with van der Waals surface area (Å²) >= 11 is 1.51. The van der Waals surface area contributed by atoms with E-state index in [0.29, 0.717) is 18.2 Å². The van der Waals surface area contributed by atoms with Crippen LogP contribution in [-0.4, -0.2) is 53.9 Å². The first-order valence-electron chi connectivity index (χ1n) is 8.86. The SMILES string of the molecule is CN1CC=C(c2ccc3nc(NC(=O)[C@H]4CCN(C#N)C4)sc3c2)CC1. The van der Waals surface area contributed by atoms with Gasteiger partial charge >= 0.3 is 0 Å². The smallest absolute Gasteiger partial charge is 0.231 e. The molecule has 1 saturated heterocycles. The van der Waals surface area contributed by atoms with E-state index >= 15 is 0 Å². The summed E-state index contributed by atoms with van der Waals surface area (Å²) in [7, 11) is 2.13. The van der Waals surface area contributed by atoms with Gasteiger partial charge in [0.15, 0.2) is 11.3 Å². The number of nitriles is 1. The number of hydrogen-bond acceptors (Lipinski definition) is 6. The van der Waals surface area contributed by atoms with Crippen LogP contribution in [0.25, 0.3) is 15.8 Å². The van der Waals surface area contributed by atoms with Gasteiger partial charge in [0.25, 0.3) is 0 Å². The highest BCUT2D eigenvalue weighted by Crippen LogP contribution is 2.31. The average molecular weight is 367 g/mol. The van der Waals surface area contributed by atoms with Crippen molar-refractivity contribution in [2.45, 2.75) is 12.8 Å². The highest BCUT2D eigenvalue weighted by Gasteiger charge is 2.28. The topological polar surface area (TPSA) is 72.3 Å². The molecule has 4 rings (SSSR count). The molecule has 0 unspecified atom stereocenters. The van der Waals surface area contributed by atoms with Gasteiger partial charge in [0.05, 0.1) is 16.1 Å². The zero-order valence-electron chi connectivity index (χ0n) is 14.7. The zero-order valence-corrected chi connectivity index (χ0v) is 15.6. The summed E-state index contributed by atoms with van der Waals surface area (Å²) in [5.74, 6) is -0.179. The normalized spacial score (nSPS) is 20.8. The van der Waals surface area contributed by atoms with E-state index in [9.17, 15) is 4.79 Å². The van der Waals surface area contributed by atoms with Crippen LogP contribution in [-0.2, 0) is 4.79 Å². The molecule has 1 aromatic heterocycles. The molecule has 26 heavy (non-hydrogen) atoms. The van der Waals surface area contributed by atoms with Gasteiger partial charge in [0.2, 0.25) is 5.91 Å². The van der Waals surface area contributed by atoms with Gasteiger partial charge < -0.3 is 15.1 Å². The number of likely N-dealkylation sites (N-methyl/N-ethyl adjacent to an activating group) is 1. The quantitative estimate of drug-likeness (QED) is 0.845. The lowest BCUT2D eigenvalue weighted by Crippen LogP contribution is -2.25. The molecule has 3 heterocycles. The maximum Gasteiger partial charge on any atom is 0.231 e. The molecule has 2 aromatic rings. The molecular formula is C19H21N5OS. The fourth-order valence-electron chi connectivity index (χ4n) is 3.48. The molecule has 1 amide bonds. The Morgan fingerprint density at radius 1 is 1.42 bits per heavy atom. The number of rotatable bonds is 3. The van der Waals surface area contributed by atoms with Crippen molar-refractivity contribution in [2.24, 2.45) is 5.92 Å². The summed E-state index contributed by atoms with van der Waals surface area (Å²) in [5, 5.41) is 12.5. The maximum absolute atomic E-state index is 12.4. The Morgan fingerprint density at radius 3 is 3.04 bits per heavy atom. The van der Waals surface area contributed by atoms with Gasteiger partial charge in [-0.2, -0.15) is 5.26 Å². The van der Waals surface area contributed by atoms with Gasteiger partial charge in [-0.15, -0.1) is 0 Å². The lowest BCUT2D eigenvalue weighted by Gasteiger charge is -2.22. The van der Waals surface area contributed by atoms with Crippen molar-refractivity contribution >= 4 is 38.2 Å². The lowest BCUT2D eigenvalue weighted by molar-refractivity contribution is -0.119. The molecule has 6 nitrogen and oxygen atoms in total. The molecule has 2 aliphatic rings. The van der Waals surface area contributed by atoms with Crippen LogP contribution in [0, 0.1) is 17.4 Å². The van der Waals surface area contributed by atoms with E-state index in [2.05, 4.69) is 46.7 Å². The van der Waals surface area contributed by atoms with Gasteiger partial charge in [0, 0.05) is 26.2 Å². The summed E-state index contributed by atoms with van der Waals surface area (Å²) < 4.78 is 1.09. The zero-order chi connectivity index (χ0) is 18.1. The van der Waals surface area contributed by atoms with Crippen molar-refractivity contribution < 1.29 is 4.79 Å². The van der Waals surface area contributed by atoms with Gasteiger partial charge in [-0.1, -0.05) is 23.5 Å². The first-order valence-corrected chi connectivity index (χ1v) is 9.68. The Morgan fingerprint density at radius 2 is 2.31 bits per heavy atom. The second-order valence-corrected chi connectivity index (χ2v) is 7.99. The summed E-state index contributed by atoms with van der Waals surface area (Å²) in [6, 6.07) is 6.32. The summed E-state index contributed by atoms with van der Waals surface area (Å²) in [5.41, 5.74) is 3.53. The summed E-state index contributed by atoms with van der Waals surface area (Å²) in [4.78, 5) is 20.9. The van der Waals surface area contributed by atoms with Crippen LogP contribution in [0.3, 0.4) is 0 Å². The molecule has 1 atom stereocenters. The van der Waals surface area contributed by atoms with Crippen LogP contribution in [0.15, 0.2) is 24.3 Å². The second-order valence-electron chi connectivity index (χ2n) is 6.96. The Hall–Kier alpha value is -2.43. The molecule has 0 saturated carbocycles. The highest BCUT2D eigenvalue weighted by atomic mass is 32.1. The third-order valence-corrected chi connectivity index (χ3v) is 6.04. The van der Waals surface area contributed by atoms with Crippen molar-refractivity contribution in [1.29, 1.82) is 5.26 Å². The van der Waals surface area contributed by atoms with E-state index in [-0.39, 0.29) is 11.8 Å². The summed E-state index contributed by atoms with van der Waals surface area (Å²) in [6.07, 6.45) is 6.17. The van der Waals surface area contributed by atoms with Crippen LogP contribution in [0.2, 0.25) is 0 Å². The third-order valence-electron chi connectivity index (χ3n) is 5.10. The molecule has 7 heteroatoms. The van der Waals surface area contributed by atoms with E-state index in [1.807, 2.05) is 6.07 Å². The molecule has 2 aliphatic heterocycles. The minimum Gasteiger partial charge on any atom is -0.310 e. The van der Waals surface area contributed by atoms with Crippen molar-refractivity contribution in [2.75, 3.05) is 38.5 Å².